The number of anilines is 9. The van der Waals surface area contributed by atoms with Gasteiger partial charge in [-0.05, 0) is 225 Å². The lowest BCUT2D eigenvalue weighted by atomic mass is 10.0. The van der Waals surface area contributed by atoms with Crippen molar-refractivity contribution in [2.75, 3.05) is 14.7 Å². The summed E-state index contributed by atoms with van der Waals surface area (Å²) in [4.78, 5) is 7.02. The average molecular weight is 1560 g/mol. The van der Waals surface area contributed by atoms with Crippen molar-refractivity contribution < 1.29 is 22.1 Å². The first-order valence-corrected chi connectivity index (χ1v) is 41.3. The van der Waals surface area contributed by atoms with E-state index in [0.717, 1.165) is 239 Å². The molecule has 5 aromatic heterocycles. The molecule has 0 radical (unpaired) electrons. The van der Waals surface area contributed by atoms with E-state index in [1.807, 2.05) is 60.7 Å². The third-order valence-corrected chi connectivity index (χ3v) is 24.4. The monoisotopic (exact) mass is 1560 g/mol. The molecule has 24 aromatic rings. The molecule has 0 atom stereocenters. The van der Waals surface area contributed by atoms with Crippen LogP contribution in [0, 0.1) is 0 Å². The fourth-order valence-corrected chi connectivity index (χ4v) is 18.3. The number of hydrogen-bond acceptors (Lipinski definition) is 8. The molecule has 572 valence electrons. The smallest absolute Gasteiger partial charge is 0.143 e. The van der Waals surface area contributed by atoms with Crippen LogP contribution in [0.4, 0.5) is 51.2 Å². The molecule has 8 heteroatoms. The lowest BCUT2D eigenvalue weighted by molar-refractivity contribution is 0.668. The van der Waals surface area contributed by atoms with Crippen LogP contribution in [0.15, 0.2) is 453 Å². The maximum absolute atomic E-state index is 6.58. The number of fused-ring (bicyclic) bond motifs is 15. The Hall–Kier alpha value is -16.4. The summed E-state index contributed by atoms with van der Waals surface area (Å²) in [6.07, 6.45) is 0. The number of para-hydroxylation sites is 8. The molecular formula is C114H71N3O5. The highest BCUT2D eigenvalue weighted by Crippen LogP contribution is 2.47. The molecule has 0 fully saturated rings. The maximum atomic E-state index is 6.58. The predicted octanol–water partition coefficient (Wildman–Crippen LogP) is 33.3. The van der Waals surface area contributed by atoms with Crippen LogP contribution in [0.1, 0.15) is 0 Å². The van der Waals surface area contributed by atoms with Gasteiger partial charge >= 0.3 is 0 Å². The summed E-state index contributed by atoms with van der Waals surface area (Å²) in [6.45, 7) is 0. The van der Waals surface area contributed by atoms with Crippen LogP contribution in [-0.4, -0.2) is 0 Å². The van der Waals surface area contributed by atoms with Gasteiger partial charge in [0.05, 0.1) is 0 Å². The van der Waals surface area contributed by atoms with Gasteiger partial charge in [-0.3, -0.25) is 0 Å². The molecule has 5 heterocycles. The molecule has 0 saturated carbocycles. The molecule has 24 rings (SSSR count). The molecule has 122 heavy (non-hydrogen) atoms. The molecule has 0 N–H and O–H groups in total. The Morgan fingerprint density at radius 2 is 0.303 bits per heavy atom. The van der Waals surface area contributed by atoms with Crippen molar-refractivity contribution in [3.63, 3.8) is 0 Å². The zero-order valence-corrected chi connectivity index (χ0v) is 65.9. The van der Waals surface area contributed by atoms with Gasteiger partial charge in [0.1, 0.15) is 55.8 Å². The van der Waals surface area contributed by atoms with Crippen LogP contribution in [-0.2, 0) is 0 Å². The van der Waals surface area contributed by atoms with Gasteiger partial charge in [-0.15, -0.1) is 0 Å². The number of benzene rings is 19. The first-order chi connectivity index (χ1) is 60.4. The van der Waals surface area contributed by atoms with Crippen LogP contribution >= 0.6 is 0 Å². The minimum Gasteiger partial charge on any atom is -0.456 e. The Morgan fingerprint density at radius 1 is 0.123 bits per heavy atom. The highest BCUT2D eigenvalue weighted by Gasteiger charge is 2.23. The summed E-state index contributed by atoms with van der Waals surface area (Å²) in [5, 5.41) is 11.1. The van der Waals surface area contributed by atoms with Crippen molar-refractivity contribution in [1.29, 1.82) is 0 Å². The topological polar surface area (TPSA) is 75.4 Å². The molecular weight excluding hydrogens is 1490 g/mol. The van der Waals surface area contributed by atoms with Crippen molar-refractivity contribution in [2.45, 2.75) is 0 Å². The van der Waals surface area contributed by atoms with E-state index in [1.54, 1.807) is 0 Å². The Balaban J connectivity index is 0.555. The first-order valence-electron chi connectivity index (χ1n) is 41.3. The average Bonchev–Trinajstić information content (AvgIpc) is 1.60. The Morgan fingerprint density at radius 3 is 0.549 bits per heavy atom. The molecule has 0 bridgehead atoms. The summed E-state index contributed by atoms with van der Waals surface area (Å²) in [6, 6.07) is 154. The number of rotatable bonds is 16. The van der Waals surface area contributed by atoms with Crippen molar-refractivity contribution in [1.82, 2.24) is 0 Å². The zero-order chi connectivity index (χ0) is 80.3. The Kier molecular flexibility index (Phi) is 16.5. The van der Waals surface area contributed by atoms with Crippen LogP contribution in [0.25, 0.3) is 188 Å². The summed E-state index contributed by atoms with van der Waals surface area (Å²) in [5.74, 6) is 0. The zero-order valence-electron chi connectivity index (χ0n) is 65.9. The van der Waals surface area contributed by atoms with Crippen molar-refractivity contribution in [3.8, 4) is 77.9 Å². The SMILES string of the molecule is c1ccc2c(c1)oc1ccc(-c3ccc(N(c4ccc(-c5ccc(N(c6ccc(-c7ccc(N(c8ccc(-c9ccc%10oc%11ccccc%11c%10c9)cc8)c8ccc(-c9cccc%10c9oc9ccccc9%10)cc8)cc7)cc6)c6ccc(-c7cccc8c7oc7ccccc78)cc6)cc5)cc4)c4ccc(-c5cccc6c5oc5ccccc56)cc4)cc3)cc12. The Bertz CT molecular complexity index is 7740. The third kappa shape index (κ3) is 12.1. The molecule has 0 amide bonds. The van der Waals surface area contributed by atoms with E-state index >= 15 is 0 Å². The van der Waals surface area contributed by atoms with Crippen molar-refractivity contribution >= 4 is 161 Å². The van der Waals surface area contributed by atoms with Crippen LogP contribution in [0.2, 0.25) is 0 Å². The second kappa shape index (κ2) is 28.7. The summed E-state index contributed by atoms with van der Waals surface area (Å²) in [5.41, 5.74) is 33.3. The number of hydrogen-bond donors (Lipinski definition) is 0. The second-order valence-electron chi connectivity index (χ2n) is 31.4. The molecule has 8 nitrogen and oxygen atoms in total. The normalized spacial score (nSPS) is 11.8. The van der Waals surface area contributed by atoms with E-state index < -0.39 is 0 Å². The lowest BCUT2D eigenvalue weighted by Gasteiger charge is -2.27. The van der Waals surface area contributed by atoms with E-state index in [-0.39, 0.29) is 0 Å². The first kappa shape index (κ1) is 69.8. The number of nitrogens with zero attached hydrogens (tertiary/aromatic N) is 3. The van der Waals surface area contributed by atoms with E-state index in [2.05, 4.69) is 385 Å². The summed E-state index contributed by atoms with van der Waals surface area (Å²) < 4.78 is 32.1. The van der Waals surface area contributed by atoms with Gasteiger partial charge in [0.2, 0.25) is 0 Å². The Labute approximate surface area is 701 Å². The molecule has 0 saturated heterocycles. The molecule has 0 aliphatic heterocycles. The van der Waals surface area contributed by atoms with Gasteiger partial charge in [-0.1, -0.05) is 267 Å². The predicted molar refractivity (Wildman–Crippen MR) is 505 cm³/mol. The van der Waals surface area contributed by atoms with E-state index in [9.17, 15) is 0 Å². The van der Waals surface area contributed by atoms with Gasteiger partial charge in [0.15, 0.2) is 0 Å². The van der Waals surface area contributed by atoms with Crippen LogP contribution in [0.5, 0.6) is 0 Å². The van der Waals surface area contributed by atoms with Gasteiger partial charge in [-0.2, -0.15) is 0 Å². The minimum atomic E-state index is 0.876. The van der Waals surface area contributed by atoms with Crippen molar-refractivity contribution in [3.05, 3.63) is 431 Å². The van der Waals surface area contributed by atoms with E-state index in [1.165, 1.54) is 0 Å². The summed E-state index contributed by atoms with van der Waals surface area (Å²) >= 11 is 0. The van der Waals surface area contributed by atoms with Crippen molar-refractivity contribution in [2.24, 2.45) is 0 Å². The lowest BCUT2D eigenvalue weighted by Crippen LogP contribution is -2.10. The fourth-order valence-electron chi connectivity index (χ4n) is 18.3. The van der Waals surface area contributed by atoms with E-state index in [4.69, 9.17) is 22.1 Å². The van der Waals surface area contributed by atoms with Crippen LogP contribution in [0.3, 0.4) is 0 Å². The minimum absolute atomic E-state index is 0.876. The van der Waals surface area contributed by atoms with Crippen LogP contribution < -0.4 is 14.7 Å². The summed E-state index contributed by atoms with van der Waals surface area (Å²) in [7, 11) is 0. The molecule has 0 unspecified atom stereocenters. The van der Waals surface area contributed by atoms with E-state index in [0.29, 0.717) is 0 Å². The molecule has 0 aliphatic rings. The highest BCUT2D eigenvalue weighted by atomic mass is 16.3. The molecule has 19 aromatic carbocycles. The van der Waals surface area contributed by atoms with Gasteiger partial charge in [0.25, 0.3) is 0 Å². The fraction of sp³-hybridized carbons (Fsp3) is 0. The molecule has 0 spiro atoms. The highest BCUT2D eigenvalue weighted by molar-refractivity contribution is 6.13. The van der Waals surface area contributed by atoms with Gasteiger partial charge in [-0.25, -0.2) is 0 Å². The third-order valence-electron chi connectivity index (χ3n) is 24.4. The van der Waals surface area contributed by atoms with Gasteiger partial charge < -0.3 is 36.8 Å². The second-order valence-corrected chi connectivity index (χ2v) is 31.4. The maximum Gasteiger partial charge on any atom is 0.143 e. The number of furan rings is 5. The van der Waals surface area contributed by atoms with Gasteiger partial charge in [0, 0.05) is 122 Å². The molecule has 0 aliphatic carbocycles. The quantitative estimate of drug-likeness (QED) is 0.0947. The largest absolute Gasteiger partial charge is 0.456 e. The standard InChI is InChI=1S/C114H71N3O5/c1-8-27-107-95(14-1)100-22-11-19-92(112(100)120-107)78-42-62-89(63-43-78)115(83-50-30-72(31-51-83)74-34-54-85(55-35-74)116(87-58-38-76(39-59-87)81-48-68-110-103(70-81)98-17-4-6-25-105(98)118-110)90-64-44-79(45-65-90)93-20-12-23-101-96-15-2-9-28-108(96)121-113(93)101)84-52-32-73(33-53-84)75-36-56-86(57-37-75)117(88-60-40-77(41-61-88)82-49-69-111-104(71-82)99-18-5-7-26-106(99)119-111)91-66-46-80(47-67-91)94-21-13-24-102-97-16-3-10-29-109(97)122-114(94)102/h1-71H.